The predicted molar refractivity (Wildman–Crippen MR) is 85.7 cm³/mol. The zero-order valence-electron chi connectivity index (χ0n) is 12.7. The average molecular weight is 353 g/mol. The van der Waals surface area contributed by atoms with E-state index in [0.29, 0.717) is 19.5 Å². The summed E-state index contributed by atoms with van der Waals surface area (Å²) >= 11 is 0. The smallest absolute Gasteiger partial charge is 0.243 e. The van der Waals surface area contributed by atoms with Gasteiger partial charge in [-0.1, -0.05) is 6.92 Å². The molecule has 1 N–H and O–H groups in total. The zero-order chi connectivity index (χ0) is 15.5. The maximum atomic E-state index is 13.8. The van der Waals surface area contributed by atoms with Gasteiger partial charge in [-0.25, -0.2) is 12.8 Å². The second-order valence-electron chi connectivity index (χ2n) is 5.06. The van der Waals surface area contributed by atoms with Crippen molar-refractivity contribution in [1.82, 2.24) is 9.62 Å². The number of hydrogen-bond donors (Lipinski definition) is 1. The summed E-state index contributed by atoms with van der Waals surface area (Å²) in [6.07, 6.45) is 1.49. The summed E-state index contributed by atoms with van der Waals surface area (Å²) in [7, 11) is -2.35. The Balaban J connectivity index is 0.00000242. The Morgan fingerprint density at radius 1 is 1.45 bits per heavy atom. The molecule has 1 aliphatic heterocycles. The highest BCUT2D eigenvalue weighted by molar-refractivity contribution is 7.89. The molecule has 0 aromatic heterocycles. The van der Waals surface area contributed by atoms with Crippen LogP contribution in [-0.4, -0.2) is 45.5 Å². The lowest BCUT2D eigenvalue weighted by atomic mass is 10.2. The predicted octanol–water partition coefficient (Wildman–Crippen LogP) is 2.02. The summed E-state index contributed by atoms with van der Waals surface area (Å²) in [5, 5.41) is 3.16. The molecule has 22 heavy (non-hydrogen) atoms. The Kier molecular flexibility index (Phi) is 7.05. The Morgan fingerprint density at radius 3 is 2.68 bits per heavy atom. The molecule has 0 saturated carbocycles. The van der Waals surface area contributed by atoms with Gasteiger partial charge in [0.2, 0.25) is 10.0 Å². The van der Waals surface area contributed by atoms with Crippen molar-refractivity contribution in [3.8, 4) is 5.75 Å². The molecule has 0 radical (unpaired) electrons. The molecule has 1 unspecified atom stereocenters. The van der Waals surface area contributed by atoms with Crippen molar-refractivity contribution in [1.29, 1.82) is 0 Å². The van der Waals surface area contributed by atoms with Crippen LogP contribution in [0, 0.1) is 5.82 Å². The van der Waals surface area contributed by atoms with Crippen molar-refractivity contribution in [3.63, 3.8) is 0 Å². The van der Waals surface area contributed by atoms with E-state index in [2.05, 4.69) is 5.32 Å². The third kappa shape index (κ3) is 3.90. The molecule has 1 fully saturated rings. The number of nitrogens with one attached hydrogen (secondary N) is 1. The van der Waals surface area contributed by atoms with Gasteiger partial charge in [0.1, 0.15) is 0 Å². The highest BCUT2D eigenvalue weighted by atomic mass is 35.5. The minimum absolute atomic E-state index is 0. The Bertz CT molecular complexity index is 592. The van der Waals surface area contributed by atoms with Crippen LogP contribution < -0.4 is 10.1 Å². The van der Waals surface area contributed by atoms with Crippen LogP contribution in [0.25, 0.3) is 0 Å². The lowest BCUT2D eigenvalue weighted by Gasteiger charge is -2.27. The quantitative estimate of drug-likeness (QED) is 0.851. The van der Waals surface area contributed by atoms with E-state index in [1.165, 1.54) is 23.5 Å². The van der Waals surface area contributed by atoms with E-state index in [1.54, 1.807) is 0 Å². The number of hydrogen-bond acceptors (Lipinski definition) is 4. The number of rotatable bonds is 6. The molecule has 8 heteroatoms. The van der Waals surface area contributed by atoms with Gasteiger partial charge in [-0.2, -0.15) is 4.31 Å². The van der Waals surface area contributed by atoms with Crippen molar-refractivity contribution in [2.75, 3.05) is 26.7 Å². The molecule has 0 aliphatic carbocycles. The van der Waals surface area contributed by atoms with Gasteiger partial charge >= 0.3 is 0 Å². The molecule has 1 atom stereocenters. The molecule has 0 bridgehead atoms. The normalized spacial score (nSPS) is 18.3. The Labute approximate surface area is 137 Å². The highest BCUT2D eigenvalue weighted by Gasteiger charge is 2.33. The van der Waals surface area contributed by atoms with E-state index in [-0.39, 0.29) is 29.1 Å². The van der Waals surface area contributed by atoms with Crippen LogP contribution in [0.4, 0.5) is 4.39 Å². The maximum Gasteiger partial charge on any atom is 0.243 e. The van der Waals surface area contributed by atoms with Gasteiger partial charge in [-0.05, 0) is 37.6 Å². The van der Waals surface area contributed by atoms with E-state index >= 15 is 0 Å². The summed E-state index contributed by atoms with van der Waals surface area (Å²) in [6.45, 7) is 3.80. The first-order chi connectivity index (χ1) is 10.0. The van der Waals surface area contributed by atoms with Crippen molar-refractivity contribution in [3.05, 3.63) is 24.0 Å². The molecule has 2 rings (SSSR count). The van der Waals surface area contributed by atoms with Gasteiger partial charge in [0, 0.05) is 19.1 Å². The van der Waals surface area contributed by atoms with Gasteiger partial charge < -0.3 is 10.1 Å². The van der Waals surface area contributed by atoms with Crippen LogP contribution in [-0.2, 0) is 10.0 Å². The molecule has 1 aliphatic rings. The van der Waals surface area contributed by atoms with Crippen LogP contribution >= 0.6 is 12.4 Å². The van der Waals surface area contributed by atoms with Crippen molar-refractivity contribution in [2.45, 2.75) is 30.7 Å². The molecular weight excluding hydrogens is 331 g/mol. The monoisotopic (exact) mass is 352 g/mol. The number of sulfonamides is 1. The fourth-order valence-corrected chi connectivity index (χ4v) is 4.31. The van der Waals surface area contributed by atoms with Gasteiger partial charge in [-0.3, -0.25) is 0 Å². The first-order valence-electron chi connectivity index (χ1n) is 7.06. The second kappa shape index (κ2) is 8.10. The Morgan fingerprint density at radius 2 is 2.18 bits per heavy atom. The lowest BCUT2D eigenvalue weighted by Crippen LogP contribution is -2.42. The fourth-order valence-electron chi connectivity index (χ4n) is 2.55. The Hall–Kier alpha value is -0.890. The van der Waals surface area contributed by atoms with Crippen molar-refractivity contribution in [2.24, 2.45) is 0 Å². The van der Waals surface area contributed by atoms with Gasteiger partial charge in [-0.15, -0.1) is 12.4 Å². The fraction of sp³-hybridized carbons (Fsp3) is 0.571. The topological polar surface area (TPSA) is 58.6 Å². The highest BCUT2D eigenvalue weighted by Crippen LogP contribution is 2.25. The summed E-state index contributed by atoms with van der Waals surface area (Å²) in [5.74, 6) is -0.627. The number of halogens is 2. The molecule has 1 saturated heterocycles. The third-order valence-electron chi connectivity index (χ3n) is 3.62. The number of nitrogens with zero attached hydrogens (tertiary/aromatic N) is 1. The summed E-state index contributed by atoms with van der Waals surface area (Å²) < 4.78 is 45.6. The van der Waals surface area contributed by atoms with Gasteiger partial charge in [0.15, 0.2) is 11.6 Å². The molecule has 0 spiro atoms. The van der Waals surface area contributed by atoms with Crippen molar-refractivity contribution >= 4 is 22.4 Å². The molecule has 1 aromatic rings. The van der Waals surface area contributed by atoms with E-state index in [4.69, 9.17) is 4.74 Å². The van der Waals surface area contributed by atoms with Crippen LogP contribution in [0.15, 0.2) is 23.1 Å². The van der Waals surface area contributed by atoms with Gasteiger partial charge in [0.05, 0.1) is 12.0 Å². The molecular formula is C14H22ClFN2O3S. The SMILES string of the molecule is CCCN(C1CCNC1)S(=O)(=O)c1ccc(OC)c(F)c1.Cl. The van der Waals surface area contributed by atoms with Crippen LogP contribution in [0.1, 0.15) is 19.8 Å². The largest absolute Gasteiger partial charge is 0.494 e. The molecule has 5 nitrogen and oxygen atoms in total. The molecule has 126 valence electrons. The second-order valence-corrected chi connectivity index (χ2v) is 6.95. The maximum absolute atomic E-state index is 13.8. The van der Waals surface area contributed by atoms with Crippen LogP contribution in [0.2, 0.25) is 0 Å². The summed E-state index contributed by atoms with van der Waals surface area (Å²) in [4.78, 5) is -0.0267. The van der Waals surface area contributed by atoms with E-state index in [0.717, 1.165) is 19.0 Å². The lowest BCUT2D eigenvalue weighted by molar-refractivity contribution is 0.334. The minimum Gasteiger partial charge on any atom is -0.494 e. The standard InChI is InChI=1S/C14H21FN2O3S.ClH/c1-3-8-17(11-6-7-16-10-11)21(18,19)12-4-5-14(20-2)13(15)9-12;/h4-5,9,11,16H,3,6-8,10H2,1-2H3;1H. The number of ether oxygens (including phenoxy) is 1. The first kappa shape index (κ1) is 19.2. The average Bonchev–Trinajstić information content (AvgIpc) is 2.98. The van der Waals surface area contributed by atoms with E-state index in [9.17, 15) is 12.8 Å². The summed E-state index contributed by atoms with van der Waals surface area (Å²) in [5.41, 5.74) is 0. The molecule has 1 aromatic carbocycles. The molecule has 1 heterocycles. The minimum atomic E-state index is -3.70. The number of benzene rings is 1. The van der Waals surface area contributed by atoms with E-state index < -0.39 is 15.8 Å². The third-order valence-corrected chi connectivity index (χ3v) is 5.56. The van der Waals surface area contributed by atoms with Crippen molar-refractivity contribution < 1.29 is 17.5 Å². The zero-order valence-corrected chi connectivity index (χ0v) is 14.3. The van der Waals surface area contributed by atoms with Crippen LogP contribution in [0.3, 0.4) is 0 Å². The van der Waals surface area contributed by atoms with E-state index in [1.807, 2.05) is 6.92 Å². The number of methoxy groups -OCH3 is 1. The van der Waals surface area contributed by atoms with Gasteiger partial charge in [0.25, 0.3) is 0 Å². The molecule has 0 amide bonds. The van der Waals surface area contributed by atoms with Crippen LogP contribution in [0.5, 0.6) is 5.75 Å². The summed E-state index contributed by atoms with van der Waals surface area (Å²) in [6, 6.07) is 3.70. The first-order valence-corrected chi connectivity index (χ1v) is 8.50.